The lowest BCUT2D eigenvalue weighted by Crippen LogP contribution is -1.89. The summed E-state index contributed by atoms with van der Waals surface area (Å²) in [7, 11) is 0. The van der Waals surface area contributed by atoms with Crippen LogP contribution >= 0.6 is 0 Å². The molecule has 0 aliphatic rings. The maximum atomic E-state index is 2.30. The highest BCUT2D eigenvalue weighted by Crippen LogP contribution is 2.42. The van der Waals surface area contributed by atoms with Gasteiger partial charge in [-0.25, -0.2) is 0 Å². The molecule has 6 rings (SSSR count). The fraction of sp³-hybridized carbons (Fsp3) is 0. The fourth-order valence-corrected chi connectivity index (χ4v) is 4.54. The van der Waals surface area contributed by atoms with Crippen molar-refractivity contribution in [2.45, 2.75) is 0 Å². The van der Waals surface area contributed by atoms with E-state index in [-0.39, 0.29) is 0 Å². The summed E-state index contributed by atoms with van der Waals surface area (Å²) in [4.78, 5) is 0. The van der Waals surface area contributed by atoms with E-state index in [1.54, 1.807) is 0 Å². The molecule has 0 aliphatic heterocycles. The van der Waals surface area contributed by atoms with Crippen LogP contribution in [0.1, 0.15) is 0 Å². The van der Waals surface area contributed by atoms with Gasteiger partial charge in [-0.3, -0.25) is 0 Å². The number of hydrogen-bond donors (Lipinski definition) is 0. The van der Waals surface area contributed by atoms with Crippen molar-refractivity contribution in [2.75, 3.05) is 0 Å². The molecular weight excluding hydrogens is 336 g/mol. The third kappa shape index (κ3) is 2.18. The van der Waals surface area contributed by atoms with Crippen LogP contribution in [-0.4, -0.2) is 0 Å². The SMILES string of the molecule is c1ccc(-c2ccc3ccc4ccc(-c5ccccc5)c5ccc2c3c45)cc1. The molecule has 0 radical (unpaired) electrons. The third-order valence-electron chi connectivity index (χ3n) is 5.83. The number of rotatable bonds is 2. The average Bonchev–Trinajstić information content (AvgIpc) is 2.78. The molecule has 130 valence electrons. The fourth-order valence-electron chi connectivity index (χ4n) is 4.54. The summed E-state index contributed by atoms with van der Waals surface area (Å²) in [5.41, 5.74) is 5.13. The molecule has 0 atom stereocenters. The van der Waals surface area contributed by atoms with Crippen LogP contribution < -0.4 is 0 Å². The van der Waals surface area contributed by atoms with Gasteiger partial charge in [0.1, 0.15) is 0 Å². The summed E-state index contributed by atoms with van der Waals surface area (Å²) in [5, 5.41) is 8.00. The first-order valence-corrected chi connectivity index (χ1v) is 9.71. The molecule has 0 aliphatic carbocycles. The van der Waals surface area contributed by atoms with E-state index < -0.39 is 0 Å². The molecule has 0 saturated heterocycles. The summed E-state index contributed by atoms with van der Waals surface area (Å²) in [6.07, 6.45) is 0. The van der Waals surface area contributed by atoms with E-state index >= 15 is 0 Å². The van der Waals surface area contributed by atoms with Crippen molar-refractivity contribution in [3.63, 3.8) is 0 Å². The third-order valence-corrected chi connectivity index (χ3v) is 5.83. The van der Waals surface area contributed by atoms with Crippen LogP contribution in [0.25, 0.3) is 54.6 Å². The standard InChI is InChI=1S/C28H18/c1-3-7-19(8-4-1)23-15-13-21-11-12-22-14-16-24(20-9-5-2-6-10-20)26-18-17-25(23)27(21)28(22)26/h1-18H. The van der Waals surface area contributed by atoms with Crippen LogP contribution in [0.15, 0.2) is 109 Å². The first kappa shape index (κ1) is 15.4. The van der Waals surface area contributed by atoms with Gasteiger partial charge in [0.25, 0.3) is 0 Å². The van der Waals surface area contributed by atoms with E-state index in [1.165, 1.54) is 54.6 Å². The van der Waals surface area contributed by atoms with E-state index in [1.807, 2.05) is 0 Å². The maximum absolute atomic E-state index is 2.30. The maximum Gasteiger partial charge on any atom is -0.00203 e. The van der Waals surface area contributed by atoms with Gasteiger partial charge in [0, 0.05) is 0 Å². The van der Waals surface area contributed by atoms with Gasteiger partial charge >= 0.3 is 0 Å². The molecule has 28 heavy (non-hydrogen) atoms. The molecule has 0 heterocycles. The molecule has 0 amide bonds. The van der Waals surface area contributed by atoms with Gasteiger partial charge < -0.3 is 0 Å². The Labute approximate surface area is 164 Å². The minimum atomic E-state index is 1.27. The van der Waals surface area contributed by atoms with Crippen molar-refractivity contribution in [1.82, 2.24) is 0 Å². The molecule has 0 bridgehead atoms. The molecule has 6 aromatic carbocycles. The van der Waals surface area contributed by atoms with E-state index in [0.29, 0.717) is 0 Å². The van der Waals surface area contributed by atoms with Crippen molar-refractivity contribution < 1.29 is 0 Å². The molecule has 0 unspecified atom stereocenters. The van der Waals surface area contributed by atoms with E-state index in [4.69, 9.17) is 0 Å². The molecule has 0 spiro atoms. The Balaban J connectivity index is 1.77. The smallest absolute Gasteiger partial charge is 0.00203 e. The molecule has 0 fully saturated rings. The molecule has 0 N–H and O–H groups in total. The van der Waals surface area contributed by atoms with Crippen LogP contribution in [0.2, 0.25) is 0 Å². The summed E-state index contributed by atoms with van der Waals surface area (Å²) in [6, 6.07) is 39.5. The normalized spacial score (nSPS) is 11.6. The van der Waals surface area contributed by atoms with E-state index in [9.17, 15) is 0 Å². The Bertz CT molecular complexity index is 1310. The van der Waals surface area contributed by atoms with Gasteiger partial charge in [0.15, 0.2) is 0 Å². The van der Waals surface area contributed by atoms with Gasteiger partial charge in [0.05, 0.1) is 0 Å². The van der Waals surface area contributed by atoms with Crippen molar-refractivity contribution in [3.8, 4) is 22.3 Å². The van der Waals surface area contributed by atoms with Crippen LogP contribution in [-0.2, 0) is 0 Å². The van der Waals surface area contributed by atoms with E-state index in [0.717, 1.165) is 0 Å². The molecule has 0 saturated carbocycles. The van der Waals surface area contributed by atoms with Gasteiger partial charge in [-0.1, -0.05) is 109 Å². The second-order valence-corrected chi connectivity index (χ2v) is 7.38. The lowest BCUT2D eigenvalue weighted by Gasteiger charge is -2.16. The number of hydrogen-bond acceptors (Lipinski definition) is 0. The minimum Gasteiger partial charge on any atom is -0.0622 e. The quantitative estimate of drug-likeness (QED) is 0.277. The Morgan fingerprint density at radius 1 is 0.321 bits per heavy atom. The zero-order chi connectivity index (χ0) is 18.5. The highest BCUT2D eigenvalue weighted by atomic mass is 14.2. The van der Waals surface area contributed by atoms with E-state index in [2.05, 4.69) is 109 Å². The van der Waals surface area contributed by atoms with Crippen LogP contribution in [0.3, 0.4) is 0 Å². The molecule has 6 aromatic rings. The highest BCUT2D eigenvalue weighted by Gasteiger charge is 2.14. The first-order chi connectivity index (χ1) is 13.9. The predicted octanol–water partition coefficient (Wildman–Crippen LogP) is 7.92. The summed E-state index contributed by atoms with van der Waals surface area (Å²) in [5.74, 6) is 0. The van der Waals surface area contributed by atoms with Crippen LogP contribution in [0, 0.1) is 0 Å². The summed E-state index contributed by atoms with van der Waals surface area (Å²) in [6.45, 7) is 0. The topological polar surface area (TPSA) is 0 Å². The van der Waals surface area contributed by atoms with Crippen molar-refractivity contribution >= 4 is 32.3 Å². The monoisotopic (exact) mass is 354 g/mol. The van der Waals surface area contributed by atoms with Crippen LogP contribution in [0.4, 0.5) is 0 Å². The summed E-state index contributed by atoms with van der Waals surface area (Å²) >= 11 is 0. The highest BCUT2D eigenvalue weighted by molar-refractivity contribution is 6.27. The Morgan fingerprint density at radius 3 is 1.14 bits per heavy atom. The first-order valence-electron chi connectivity index (χ1n) is 9.71. The number of benzene rings is 6. The largest absolute Gasteiger partial charge is 0.0622 e. The molecule has 0 heteroatoms. The zero-order valence-corrected chi connectivity index (χ0v) is 15.4. The lowest BCUT2D eigenvalue weighted by atomic mass is 9.87. The molecule has 0 aromatic heterocycles. The second kappa shape index (κ2) is 5.94. The predicted molar refractivity (Wildman–Crippen MR) is 121 cm³/mol. The van der Waals surface area contributed by atoms with Gasteiger partial charge in [0.2, 0.25) is 0 Å². The summed E-state index contributed by atoms with van der Waals surface area (Å²) < 4.78 is 0. The molecular formula is C28H18. The van der Waals surface area contributed by atoms with Gasteiger partial charge in [-0.2, -0.15) is 0 Å². The van der Waals surface area contributed by atoms with Crippen molar-refractivity contribution in [3.05, 3.63) is 109 Å². The Morgan fingerprint density at radius 2 is 0.714 bits per heavy atom. The van der Waals surface area contributed by atoms with Crippen LogP contribution in [0.5, 0.6) is 0 Å². The van der Waals surface area contributed by atoms with Crippen molar-refractivity contribution in [2.24, 2.45) is 0 Å². The lowest BCUT2D eigenvalue weighted by molar-refractivity contribution is 1.65. The van der Waals surface area contributed by atoms with Gasteiger partial charge in [-0.15, -0.1) is 0 Å². The van der Waals surface area contributed by atoms with Crippen molar-refractivity contribution in [1.29, 1.82) is 0 Å². The second-order valence-electron chi connectivity index (χ2n) is 7.38. The van der Waals surface area contributed by atoms with Gasteiger partial charge in [-0.05, 0) is 54.6 Å². The zero-order valence-electron chi connectivity index (χ0n) is 15.4. The Kier molecular flexibility index (Phi) is 3.27. The minimum absolute atomic E-state index is 1.27. The Hall–Kier alpha value is -3.64. The average molecular weight is 354 g/mol. The molecule has 0 nitrogen and oxygen atoms in total.